The van der Waals surface area contributed by atoms with Crippen LogP contribution in [0.5, 0.6) is 0 Å². The van der Waals surface area contributed by atoms with E-state index >= 15 is 0 Å². The van der Waals surface area contributed by atoms with Gasteiger partial charge in [-0.25, -0.2) is 4.39 Å². The number of halogens is 1. The van der Waals surface area contributed by atoms with Crippen molar-refractivity contribution in [2.75, 3.05) is 30.7 Å². The van der Waals surface area contributed by atoms with Crippen molar-refractivity contribution in [3.63, 3.8) is 0 Å². The Morgan fingerprint density at radius 1 is 1.57 bits per heavy atom. The zero-order valence-corrected chi connectivity index (χ0v) is 12.6. The molecule has 0 radical (unpaired) electrons. The first-order chi connectivity index (χ1) is 9.75. The Morgan fingerprint density at radius 2 is 2.29 bits per heavy atom. The van der Waals surface area contributed by atoms with E-state index in [1.54, 1.807) is 0 Å². The van der Waals surface area contributed by atoms with Crippen LogP contribution in [-0.4, -0.2) is 42.1 Å². The van der Waals surface area contributed by atoms with Gasteiger partial charge in [-0.05, 0) is 39.0 Å². The van der Waals surface area contributed by atoms with Crippen LogP contribution in [0.3, 0.4) is 0 Å². The summed E-state index contributed by atoms with van der Waals surface area (Å²) in [5.41, 5.74) is 6.06. The molecule has 1 aliphatic heterocycles. The number of ether oxygens (including phenoxy) is 1. The van der Waals surface area contributed by atoms with Gasteiger partial charge in [0, 0.05) is 13.1 Å². The first-order valence-electron chi connectivity index (χ1n) is 7.00. The number of hydrogen-bond acceptors (Lipinski definition) is 4. The highest BCUT2D eigenvalue weighted by Gasteiger charge is 2.32. The largest absolute Gasteiger partial charge is 0.397 e. The van der Waals surface area contributed by atoms with E-state index in [0.717, 1.165) is 0 Å². The number of nitrogens with one attached hydrogen (secondary N) is 1. The summed E-state index contributed by atoms with van der Waals surface area (Å²) < 4.78 is 18.8. The number of anilines is 2. The Kier molecular flexibility index (Phi) is 4.49. The Hall–Kier alpha value is -1.66. The standard InChI is InChI=1S/C15H22FN3O2/c1-10-7-19(9-15(2,3)21-10)8-14(20)18-13-5-4-11(16)6-12(13)17/h4-6,10H,7-9,17H2,1-3H3,(H,18,20). The number of morpholine rings is 1. The second kappa shape index (κ2) is 5.99. The molecule has 6 heteroatoms. The molecule has 1 saturated heterocycles. The van der Waals surface area contributed by atoms with E-state index in [1.165, 1.54) is 18.2 Å². The Labute approximate surface area is 124 Å². The number of benzene rings is 1. The fraction of sp³-hybridized carbons (Fsp3) is 0.533. The van der Waals surface area contributed by atoms with Gasteiger partial charge in [-0.15, -0.1) is 0 Å². The summed E-state index contributed by atoms with van der Waals surface area (Å²) in [5.74, 6) is -0.590. The molecule has 0 bridgehead atoms. The van der Waals surface area contributed by atoms with Crippen LogP contribution < -0.4 is 11.1 Å². The third kappa shape index (κ3) is 4.41. The molecule has 0 aliphatic carbocycles. The maximum absolute atomic E-state index is 13.0. The molecule has 1 fully saturated rings. The molecule has 0 saturated carbocycles. The van der Waals surface area contributed by atoms with E-state index in [0.29, 0.717) is 18.8 Å². The van der Waals surface area contributed by atoms with Crippen LogP contribution >= 0.6 is 0 Å². The number of carbonyl (C=O) groups excluding carboxylic acids is 1. The molecule has 1 aromatic carbocycles. The molecule has 0 spiro atoms. The quantitative estimate of drug-likeness (QED) is 0.835. The van der Waals surface area contributed by atoms with E-state index in [9.17, 15) is 9.18 Å². The number of hydrogen-bond donors (Lipinski definition) is 2. The number of nitrogens with two attached hydrogens (primary N) is 1. The first-order valence-corrected chi connectivity index (χ1v) is 7.00. The fourth-order valence-electron chi connectivity index (χ4n) is 2.75. The lowest BCUT2D eigenvalue weighted by atomic mass is 10.1. The second-order valence-corrected chi connectivity index (χ2v) is 6.14. The minimum absolute atomic E-state index is 0.0810. The number of nitrogen functional groups attached to an aromatic ring is 1. The van der Waals surface area contributed by atoms with Gasteiger partial charge in [0.25, 0.3) is 0 Å². The topological polar surface area (TPSA) is 67.6 Å². The molecule has 2 rings (SSSR count). The van der Waals surface area contributed by atoms with Crippen molar-refractivity contribution in [1.82, 2.24) is 4.90 Å². The van der Waals surface area contributed by atoms with Crippen LogP contribution in [-0.2, 0) is 9.53 Å². The third-order valence-electron chi connectivity index (χ3n) is 3.29. The number of rotatable bonds is 3. The fourth-order valence-corrected chi connectivity index (χ4v) is 2.75. The molecule has 5 nitrogen and oxygen atoms in total. The van der Waals surface area contributed by atoms with Gasteiger partial charge in [0.15, 0.2) is 0 Å². The summed E-state index contributed by atoms with van der Waals surface area (Å²) in [5, 5.41) is 2.71. The maximum atomic E-state index is 13.0. The average Bonchev–Trinajstić information content (AvgIpc) is 2.29. The smallest absolute Gasteiger partial charge is 0.238 e. The van der Waals surface area contributed by atoms with Crippen molar-refractivity contribution >= 4 is 17.3 Å². The Bertz CT molecular complexity index is 534. The van der Waals surface area contributed by atoms with Gasteiger partial charge >= 0.3 is 0 Å². The molecule has 1 aliphatic rings. The van der Waals surface area contributed by atoms with Crippen molar-refractivity contribution < 1.29 is 13.9 Å². The van der Waals surface area contributed by atoms with E-state index in [2.05, 4.69) is 5.32 Å². The normalized spacial score (nSPS) is 22.0. The van der Waals surface area contributed by atoms with Crippen LogP contribution in [0.4, 0.5) is 15.8 Å². The summed E-state index contributed by atoms with van der Waals surface area (Å²) in [6.07, 6.45) is 0.0810. The van der Waals surface area contributed by atoms with Gasteiger partial charge in [0.05, 0.1) is 29.6 Å². The van der Waals surface area contributed by atoms with Crippen molar-refractivity contribution in [1.29, 1.82) is 0 Å². The van der Waals surface area contributed by atoms with Gasteiger partial charge in [-0.3, -0.25) is 9.69 Å². The van der Waals surface area contributed by atoms with Crippen molar-refractivity contribution in [2.24, 2.45) is 0 Å². The monoisotopic (exact) mass is 295 g/mol. The number of nitrogens with zero attached hydrogens (tertiary/aromatic N) is 1. The summed E-state index contributed by atoms with van der Waals surface area (Å²) >= 11 is 0. The van der Waals surface area contributed by atoms with Gasteiger partial charge < -0.3 is 15.8 Å². The SMILES string of the molecule is CC1CN(CC(=O)Nc2ccc(F)cc2N)CC(C)(C)O1. The van der Waals surface area contributed by atoms with Gasteiger partial charge in [0.2, 0.25) is 5.91 Å². The molecule has 3 N–H and O–H groups in total. The van der Waals surface area contributed by atoms with E-state index in [-0.39, 0.29) is 29.8 Å². The Balaban J connectivity index is 1.95. The van der Waals surface area contributed by atoms with Gasteiger partial charge in [-0.2, -0.15) is 0 Å². The molecule has 1 atom stereocenters. The van der Waals surface area contributed by atoms with E-state index in [1.807, 2.05) is 25.7 Å². The molecule has 1 unspecified atom stereocenters. The lowest BCUT2D eigenvalue weighted by molar-refractivity contribution is -0.136. The van der Waals surface area contributed by atoms with Crippen molar-refractivity contribution in [3.8, 4) is 0 Å². The van der Waals surface area contributed by atoms with Crippen LogP contribution in [0.1, 0.15) is 20.8 Å². The van der Waals surface area contributed by atoms with Crippen molar-refractivity contribution in [2.45, 2.75) is 32.5 Å². The van der Waals surface area contributed by atoms with Gasteiger partial charge in [0.1, 0.15) is 5.82 Å². The molecule has 1 aromatic rings. The first kappa shape index (κ1) is 15.7. The van der Waals surface area contributed by atoms with E-state index in [4.69, 9.17) is 10.5 Å². The highest BCUT2D eigenvalue weighted by atomic mass is 19.1. The molecule has 1 heterocycles. The molecule has 21 heavy (non-hydrogen) atoms. The average molecular weight is 295 g/mol. The van der Waals surface area contributed by atoms with Crippen LogP contribution in [0, 0.1) is 5.82 Å². The highest BCUT2D eigenvalue weighted by Crippen LogP contribution is 2.21. The third-order valence-corrected chi connectivity index (χ3v) is 3.29. The predicted molar refractivity (Wildman–Crippen MR) is 80.5 cm³/mol. The van der Waals surface area contributed by atoms with Crippen LogP contribution in [0.15, 0.2) is 18.2 Å². The summed E-state index contributed by atoms with van der Waals surface area (Å²) in [4.78, 5) is 14.1. The molecular formula is C15H22FN3O2. The summed E-state index contributed by atoms with van der Waals surface area (Å²) in [6, 6.07) is 3.93. The maximum Gasteiger partial charge on any atom is 0.238 e. The Morgan fingerprint density at radius 3 is 2.90 bits per heavy atom. The molecular weight excluding hydrogens is 273 g/mol. The van der Waals surface area contributed by atoms with Crippen LogP contribution in [0.2, 0.25) is 0 Å². The number of carbonyl (C=O) groups is 1. The van der Waals surface area contributed by atoms with Crippen molar-refractivity contribution in [3.05, 3.63) is 24.0 Å². The lowest BCUT2D eigenvalue weighted by Gasteiger charge is -2.41. The summed E-state index contributed by atoms with van der Waals surface area (Å²) in [7, 11) is 0. The molecule has 0 aromatic heterocycles. The molecule has 116 valence electrons. The minimum atomic E-state index is -0.422. The summed E-state index contributed by atoms with van der Waals surface area (Å²) in [6.45, 7) is 7.65. The second-order valence-electron chi connectivity index (χ2n) is 6.14. The van der Waals surface area contributed by atoms with Gasteiger partial charge in [-0.1, -0.05) is 0 Å². The highest BCUT2D eigenvalue weighted by molar-refractivity contribution is 5.95. The predicted octanol–water partition coefficient (Wildman–Crippen LogP) is 1.85. The lowest BCUT2D eigenvalue weighted by Crippen LogP contribution is -2.53. The zero-order chi connectivity index (χ0) is 15.6. The minimum Gasteiger partial charge on any atom is -0.397 e. The van der Waals surface area contributed by atoms with Crippen LogP contribution in [0.25, 0.3) is 0 Å². The number of amides is 1. The molecule has 1 amide bonds. The van der Waals surface area contributed by atoms with E-state index < -0.39 is 5.82 Å². The zero-order valence-electron chi connectivity index (χ0n) is 12.6.